The summed E-state index contributed by atoms with van der Waals surface area (Å²) in [5, 5.41) is 12.6. The van der Waals surface area contributed by atoms with Crippen molar-refractivity contribution < 1.29 is 23.8 Å². The number of fused-ring (bicyclic) bond motifs is 4. The highest BCUT2D eigenvalue weighted by Crippen LogP contribution is 2.43. The number of benzene rings is 3. The highest BCUT2D eigenvalue weighted by molar-refractivity contribution is 6.35. The quantitative estimate of drug-likeness (QED) is 0.262. The van der Waals surface area contributed by atoms with E-state index in [4.69, 9.17) is 26.1 Å². The van der Waals surface area contributed by atoms with E-state index in [1.54, 1.807) is 12.1 Å². The molecule has 6 rings (SSSR count). The molecule has 1 amide bonds. The molecule has 0 spiro atoms. The minimum absolute atomic E-state index is 0.00341. The Morgan fingerprint density at radius 3 is 2.48 bits per heavy atom. The predicted octanol–water partition coefficient (Wildman–Crippen LogP) is 6.48. The average molecular weight is 622 g/mol. The second kappa shape index (κ2) is 11.6. The minimum Gasteiger partial charge on any atom is -0.508 e. The second-order valence-electron chi connectivity index (χ2n) is 12.8. The van der Waals surface area contributed by atoms with Crippen molar-refractivity contribution in [3.05, 3.63) is 53.3 Å². The van der Waals surface area contributed by atoms with Gasteiger partial charge in [-0.05, 0) is 82.2 Å². The fourth-order valence-corrected chi connectivity index (χ4v) is 6.52. The first kappa shape index (κ1) is 30.1. The Morgan fingerprint density at radius 2 is 1.80 bits per heavy atom. The van der Waals surface area contributed by atoms with Crippen LogP contribution in [0.3, 0.4) is 0 Å². The minimum atomic E-state index is -0.625. The first-order valence-electron chi connectivity index (χ1n) is 14.9. The van der Waals surface area contributed by atoms with Crippen LogP contribution in [0.4, 0.5) is 15.0 Å². The zero-order chi connectivity index (χ0) is 31.3. The third kappa shape index (κ3) is 5.80. The molecule has 4 aromatic rings. The summed E-state index contributed by atoms with van der Waals surface area (Å²) in [5.74, 6) is -0.118. The van der Waals surface area contributed by atoms with Crippen molar-refractivity contribution in [3.63, 3.8) is 0 Å². The van der Waals surface area contributed by atoms with Crippen molar-refractivity contribution in [2.45, 2.75) is 51.3 Å². The molecule has 3 heterocycles. The standard InChI is InChI=1S/C33H37ClFN5O4/c1-33(2,3)44-32(42)40-20-10-11-21(40)18-39(17-20)30-25-16-26(34)27(24-15-22(41)14-19-8-6-7-9-23(19)24)28(35)29(25)36-31(37-30)43-13-12-38(4)5/h6-9,14-16,20-21,41H,10-13,17-18H2,1-5H3. The van der Waals surface area contributed by atoms with Crippen molar-refractivity contribution in [1.29, 1.82) is 0 Å². The summed E-state index contributed by atoms with van der Waals surface area (Å²) in [6.07, 6.45) is 1.35. The summed E-state index contributed by atoms with van der Waals surface area (Å²) in [6, 6.07) is 12.2. The van der Waals surface area contributed by atoms with Crippen molar-refractivity contribution >= 4 is 45.2 Å². The van der Waals surface area contributed by atoms with Gasteiger partial charge < -0.3 is 24.4 Å². The van der Waals surface area contributed by atoms with Crippen LogP contribution in [0, 0.1) is 5.82 Å². The number of halogens is 2. The van der Waals surface area contributed by atoms with Crippen LogP contribution in [0.25, 0.3) is 32.8 Å². The monoisotopic (exact) mass is 621 g/mol. The van der Waals surface area contributed by atoms with Crippen LogP contribution in [-0.4, -0.2) is 89.0 Å². The van der Waals surface area contributed by atoms with E-state index in [2.05, 4.69) is 9.88 Å². The predicted molar refractivity (Wildman–Crippen MR) is 170 cm³/mol. The number of likely N-dealkylation sites (N-methyl/N-ethyl adjacent to an activating group) is 1. The van der Waals surface area contributed by atoms with E-state index in [9.17, 15) is 9.90 Å². The summed E-state index contributed by atoms with van der Waals surface area (Å²) in [7, 11) is 3.87. The molecule has 2 saturated heterocycles. The molecule has 2 unspecified atom stereocenters. The Hall–Kier alpha value is -3.89. The van der Waals surface area contributed by atoms with Gasteiger partial charge in [0.2, 0.25) is 0 Å². The van der Waals surface area contributed by atoms with Crippen LogP contribution >= 0.6 is 11.6 Å². The average Bonchev–Trinajstić information content (AvgIpc) is 3.21. The molecule has 0 saturated carbocycles. The highest BCUT2D eigenvalue weighted by atomic mass is 35.5. The Kier molecular flexibility index (Phi) is 7.92. The zero-order valence-electron chi connectivity index (χ0n) is 25.6. The van der Waals surface area contributed by atoms with E-state index >= 15 is 4.39 Å². The number of carbonyl (C=O) groups excluding carboxylic acids is 1. The van der Waals surface area contributed by atoms with Crippen LogP contribution in [0.2, 0.25) is 5.02 Å². The number of rotatable bonds is 6. The maximum atomic E-state index is 16.7. The normalized spacial score (nSPS) is 18.5. The Balaban J connectivity index is 1.45. The van der Waals surface area contributed by atoms with Gasteiger partial charge in [-0.2, -0.15) is 9.97 Å². The number of nitrogens with zero attached hydrogens (tertiary/aromatic N) is 5. The van der Waals surface area contributed by atoms with Gasteiger partial charge in [-0.15, -0.1) is 0 Å². The van der Waals surface area contributed by atoms with Gasteiger partial charge >= 0.3 is 12.1 Å². The highest BCUT2D eigenvalue weighted by Gasteiger charge is 2.45. The number of phenolic OH excluding ortho intramolecular Hbond substituents is 1. The molecule has 0 aliphatic carbocycles. The maximum absolute atomic E-state index is 16.7. The number of piperazine rings is 1. The van der Waals surface area contributed by atoms with E-state index in [-0.39, 0.29) is 46.0 Å². The molecule has 2 atom stereocenters. The largest absolute Gasteiger partial charge is 0.508 e. The van der Waals surface area contributed by atoms with Gasteiger partial charge in [-0.1, -0.05) is 35.9 Å². The lowest BCUT2D eigenvalue weighted by Gasteiger charge is -2.42. The summed E-state index contributed by atoms with van der Waals surface area (Å²) >= 11 is 6.86. The molecular weight excluding hydrogens is 585 g/mol. The number of aromatic nitrogens is 2. The Bertz CT molecular complexity index is 1730. The van der Waals surface area contributed by atoms with Gasteiger partial charge in [0.05, 0.1) is 17.1 Å². The molecular formula is C33H37ClFN5O4. The van der Waals surface area contributed by atoms with E-state index in [0.717, 1.165) is 23.6 Å². The number of phenols is 1. The number of hydrogen-bond acceptors (Lipinski definition) is 8. The van der Waals surface area contributed by atoms with Crippen LogP contribution < -0.4 is 9.64 Å². The summed E-state index contributed by atoms with van der Waals surface area (Å²) in [4.78, 5) is 28.3. The zero-order valence-corrected chi connectivity index (χ0v) is 26.4. The van der Waals surface area contributed by atoms with Crippen molar-refractivity contribution in [3.8, 4) is 22.9 Å². The summed E-state index contributed by atoms with van der Waals surface area (Å²) in [5.41, 5.74) is 0.0835. The van der Waals surface area contributed by atoms with E-state index < -0.39 is 11.4 Å². The third-order valence-corrected chi connectivity index (χ3v) is 8.41. The number of anilines is 1. The number of ether oxygens (including phenoxy) is 2. The first-order valence-corrected chi connectivity index (χ1v) is 15.2. The lowest BCUT2D eigenvalue weighted by Crippen LogP contribution is -2.57. The summed E-state index contributed by atoms with van der Waals surface area (Å²) in [6.45, 7) is 7.52. The fourth-order valence-electron chi connectivity index (χ4n) is 6.22. The molecule has 1 N–H and O–H groups in total. The Morgan fingerprint density at radius 1 is 1.09 bits per heavy atom. The molecule has 9 nitrogen and oxygen atoms in total. The topological polar surface area (TPSA) is 91.3 Å². The van der Waals surface area contributed by atoms with Gasteiger partial charge in [0.15, 0.2) is 5.82 Å². The molecule has 0 radical (unpaired) electrons. The third-order valence-electron chi connectivity index (χ3n) is 8.11. The van der Waals surface area contributed by atoms with Crippen LogP contribution in [0.5, 0.6) is 11.8 Å². The molecule has 2 aliphatic heterocycles. The lowest BCUT2D eigenvalue weighted by atomic mass is 9.96. The Labute approximate surface area is 261 Å². The maximum Gasteiger partial charge on any atom is 0.410 e. The van der Waals surface area contributed by atoms with E-state index in [1.165, 1.54) is 6.07 Å². The molecule has 2 aliphatic rings. The first-order chi connectivity index (χ1) is 20.9. The molecule has 232 valence electrons. The SMILES string of the molecule is CN(C)CCOc1nc(N2CC3CCC(C2)N3C(=O)OC(C)(C)C)c2cc(Cl)c(-c3cc(O)cc4ccccc34)c(F)c2n1. The van der Waals surface area contributed by atoms with Gasteiger partial charge in [0.25, 0.3) is 0 Å². The van der Waals surface area contributed by atoms with Crippen LogP contribution in [0.1, 0.15) is 33.6 Å². The van der Waals surface area contributed by atoms with Crippen LogP contribution in [0.15, 0.2) is 42.5 Å². The van der Waals surface area contributed by atoms with E-state index in [0.29, 0.717) is 43.0 Å². The molecule has 2 bridgehead atoms. The molecule has 11 heteroatoms. The molecule has 1 aromatic heterocycles. The number of aromatic hydroxyl groups is 1. The number of carbonyl (C=O) groups is 1. The van der Waals surface area contributed by atoms with E-state index in [1.807, 2.05) is 68.9 Å². The number of hydrogen-bond donors (Lipinski definition) is 1. The van der Waals surface area contributed by atoms with Crippen molar-refractivity contribution in [1.82, 2.24) is 19.8 Å². The van der Waals surface area contributed by atoms with Gasteiger partial charge in [-0.25, -0.2) is 9.18 Å². The number of amides is 1. The summed E-state index contributed by atoms with van der Waals surface area (Å²) < 4.78 is 28.4. The van der Waals surface area contributed by atoms with Gasteiger partial charge in [-0.3, -0.25) is 4.90 Å². The van der Waals surface area contributed by atoms with Crippen molar-refractivity contribution in [2.24, 2.45) is 0 Å². The smallest absolute Gasteiger partial charge is 0.410 e. The molecule has 44 heavy (non-hydrogen) atoms. The lowest BCUT2D eigenvalue weighted by molar-refractivity contribution is 0.0122. The van der Waals surface area contributed by atoms with Gasteiger partial charge in [0, 0.05) is 30.6 Å². The van der Waals surface area contributed by atoms with Crippen molar-refractivity contribution in [2.75, 3.05) is 45.2 Å². The molecule has 3 aromatic carbocycles. The van der Waals surface area contributed by atoms with Gasteiger partial charge in [0.1, 0.15) is 29.3 Å². The van der Waals surface area contributed by atoms with Crippen LogP contribution in [-0.2, 0) is 4.74 Å². The molecule has 2 fully saturated rings. The second-order valence-corrected chi connectivity index (χ2v) is 13.2. The fraction of sp³-hybridized carbons (Fsp3) is 0.424.